The van der Waals surface area contributed by atoms with E-state index in [2.05, 4.69) is 20.6 Å². The minimum absolute atomic E-state index is 0.263. The second kappa shape index (κ2) is 5.52. The number of rotatable bonds is 2. The number of amides is 1. The molecule has 26 heavy (non-hydrogen) atoms. The molecule has 0 aromatic carbocycles. The zero-order chi connectivity index (χ0) is 17.9. The van der Waals surface area contributed by atoms with Crippen molar-refractivity contribution in [1.29, 1.82) is 0 Å². The zero-order valence-electron chi connectivity index (χ0n) is 13.9. The van der Waals surface area contributed by atoms with Crippen molar-refractivity contribution in [2.45, 2.75) is 43.4 Å². The van der Waals surface area contributed by atoms with Crippen LogP contribution in [0.2, 0.25) is 0 Å². The third kappa shape index (κ3) is 2.12. The van der Waals surface area contributed by atoms with Crippen molar-refractivity contribution >= 4 is 29.2 Å². The summed E-state index contributed by atoms with van der Waals surface area (Å²) in [6.07, 6.45) is 6.33. The average molecular weight is 373 g/mol. The van der Waals surface area contributed by atoms with Gasteiger partial charge >= 0.3 is 0 Å². The van der Waals surface area contributed by atoms with Gasteiger partial charge in [0.1, 0.15) is 29.2 Å². The third-order valence-electron chi connectivity index (χ3n) is 5.59. The number of halogens is 1. The molecule has 134 valence electrons. The van der Waals surface area contributed by atoms with Crippen LogP contribution in [0.1, 0.15) is 36.2 Å². The van der Waals surface area contributed by atoms with E-state index >= 15 is 0 Å². The van der Waals surface area contributed by atoms with Crippen molar-refractivity contribution < 1.29 is 4.79 Å². The van der Waals surface area contributed by atoms with Gasteiger partial charge in [-0.1, -0.05) is 0 Å². The molecule has 2 aromatic heterocycles. The van der Waals surface area contributed by atoms with Crippen molar-refractivity contribution in [3.05, 3.63) is 46.8 Å². The summed E-state index contributed by atoms with van der Waals surface area (Å²) in [5.74, 6) is 0.197. The Labute approximate surface area is 154 Å². The number of fused-ring (bicyclic) bond motifs is 4. The van der Waals surface area contributed by atoms with Crippen LogP contribution in [0.25, 0.3) is 0 Å². The first-order valence-electron chi connectivity index (χ1n) is 8.64. The van der Waals surface area contributed by atoms with Gasteiger partial charge in [-0.2, -0.15) is 0 Å². The highest BCUT2D eigenvalue weighted by Gasteiger charge is 2.56. The minimum Gasteiger partial charge on any atom is -0.336 e. The fraction of sp³-hybridized carbons (Fsp3) is 0.412. The summed E-state index contributed by atoms with van der Waals surface area (Å²) in [6, 6.07) is 5.46. The van der Waals surface area contributed by atoms with Crippen molar-refractivity contribution in [2.24, 2.45) is 0 Å². The fourth-order valence-electron chi connectivity index (χ4n) is 4.53. The highest BCUT2D eigenvalue weighted by atomic mass is 35.5. The zero-order valence-corrected chi connectivity index (χ0v) is 14.6. The Kier molecular flexibility index (Phi) is 3.35. The summed E-state index contributed by atoms with van der Waals surface area (Å²) in [7, 11) is 0. The third-order valence-corrected chi connectivity index (χ3v) is 6.06. The van der Waals surface area contributed by atoms with Gasteiger partial charge < -0.3 is 10.6 Å². The highest BCUT2D eigenvalue weighted by Crippen LogP contribution is 2.46. The molecule has 1 amide bonds. The summed E-state index contributed by atoms with van der Waals surface area (Å²) < 4.78 is 2.82. The van der Waals surface area contributed by atoms with Gasteiger partial charge in [0, 0.05) is 42.9 Å². The molecule has 0 radical (unpaired) electrons. The predicted octanol–water partition coefficient (Wildman–Crippen LogP) is 1.56. The van der Waals surface area contributed by atoms with Crippen LogP contribution in [0, 0.1) is 0 Å². The van der Waals surface area contributed by atoms with Gasteiger partial charge in [0.05, 0.1) is 0 Å². The molecule has 3 aliphatic heterocycles. The van der Waals surface area contributed by atoms with Gasteiger partial charge in [-0.15, -0.1) is 0 Å². The molecular weight excluding hydrogens is 356 g/mol. The van der Waals surface area contributed by atoms with E-state index in [-0.39, 0.29) is 23.6 Å². The molecule has 2 unspecified atom stereocenters. The lowest BCUT2D eigenvalue weighted by Crippen LogP contribution is -2.56. The summed E-state index contributed by atoms with van der Waals surface area (Å²) in [4.78, 5) is 33.9. The Morgan fingerprint density at radius 3 is 2.65 bits per heavy atom. The van der Waals surface area contributed by atoms with Crippen LogP contribution in [0.4, 0.5) is 11.5 Å². The molecule has 8 nitrogen and oxygen atoms in total. The Balaban J connectivity index is 1.63. The van der Waals surface area contributed by atoms with Crippen LogP contribution in [0.15, 0.2) is 35.5 Å². The number of anilines is 2. The van der Waals surface area contributed by atoms with Crippen LogP contribution in [0.5, 0.6) is 0 Å². The van der Waals surface area contributed by atoms with Gasteiger partial charge in [-0.3, -0.25) is 14.2 Å². The molecule has 0 saturated carbocycles. The van der Waals surface area contributed by atoms with E-state index in [9.17, 15) is 9.59 Å². The molecule has 2 saturated heterocycles. The lowest BCUT2D eigenvalue weighted by atomic mass is 9.92. The molecule has 2 N–H and O–H groups in total. The first-order chi connectivity index (χ1) is 12.6. The van der Waals surface area contributed by atoms with Crippen LogP contribution in [0.3, 0.4) is 0 Å². The molecule has 2 atom stereocenters. The van der Waals surface area contributed by atoms with Crippen molar-refractivity contribution in [2.75, 3.05) is 5.32 Å². The average Bonchev–Trinajstić information content (AvgIpc) is 3.09. The molecule has 2 bridgehead atoms. The lowest BCUT2D eigenvalue weighted by molar-refractivity contribution is 0.0482. The molecule has 3 aliphatic rings. The number of piperidine rings is 1. The largest absolute Gasteiger partial charge is 0.336 e. The molecule has 5 heterocycles. The molecule has 5 rings (SSSR count). The number of hydrogen-bond acceptors (Lipinski definition) is 6. The number of carbonyl (C=O) groups is 1. The Bertz CT molecular complexity index is 934. The topological polar surface area (TPSA) is 92.1 Å². The predicted molar refractivity (Wildman–Crippen MR) is 95.2 cm³/mol. The number of nitrogens with one attached hydrogen (secondary N) is 2. The lowest BCUT2D eigenvalue weighted by Gasteiger charge is -2.42. The second-order valence-electron chi connectivity index (χ2n) is 7.11. The maximum Gasteiger partial charge on any atom is 0.287 e. The van der Waals surface area contributed by atoms with E-state index < -0.39 is 5.66 Å². The Morgan fingerprint density at radius 2 is 1.96 bits per heavy atom. The van der Waals surface area contributed by atoms with Crippen LogP contribution >= 0.6 is 11.8 Å². The Morgan fingerprint density at radius 1 is 1.19 bits per heavy atom. The highest BCUT2D eigenvalue weighted by molar-refractivity contribution is 6.25. The number of hydrogen-bond donors (Lipinski definition) is 2. The summed E-state index contributed by atoms with van der Waals surface area (Å²) in [5.41, 5.74) is -0.387. The molecule has 1 spiro atoms. The van der Waals surface area contributed by atoms with Gasteiger partial charge in [0.2, 0.25) is 0 Å². The van der Waals surface area contributed by atoms with Crippen LogP contribution in [-0.4, -0.2) is 36.9 Å². The smallest absolute Gasteiger partial charge is 0.287 e. The van der Waals surface area contributed by atoms with Crippen LogP contribution < -0.4 is 16.2 Å². The first kappa shape index (κ1) is 15.8. The quantitative estimate of drug-likeness (QED) is 0.777. The number of aromatic nitrogens is 3. The normalized spacial score (nSPS) is 29.3. The van der Waals surface area contributed by atoms with Crippen molar-refractivity contribution in [3.63, 3.8) is 0 Å². The molecule has 9 heteroatoms. The van der Waals surface area contributed by atoms with Gasteiger partial charge in [-0.25, -0.2) is 14.4 Å². The standard InChI is InChI=1S/C17H17ClN6O2/c18-24-16(26)13-4-3-12(22-14-5-6-19-9-20-14)15(25)23(13)17(24)7-10-1-2-11(8-17)21-10/h3-6,9-11,21H,1-2,7-8H2,(H,19,20,22). The van der Waals surface area contributed by atoms with Gasteiger partial charge in [0.25, 0.3) is 11.5 Å². The van der Waals surface area contributed by atoms with Crippen molar-refractivity contribution in [3.8, 4) is 0 Å². The molecule has 0 aliphatic carbocycles. The van der Waals surface area contributed by atoms with Gasteiger partial charge in [0.15, 0.2) is 0 Å². The fourth-order valence-corrected chi connectivity index (χ4v) is 4.83. The minimum atomic E-state index is -0.814. The molecule has 2 aromatic rings. The van der Waals surface area contributed by atoms with E-state index in [1.807, 2.05) is 0 Å². The van der Waals surface area contributed by atoms with Crippen LogP contribution in [-0.2, 0) is 5.66 Å². The summed E-state index contributed by atoms with van der Waals surface area (Å²) in [6.45, 7) is 0. The van der Waals surface area contributed by atoms with E-state index in [0.717, 1.165) is 12.8 Å². The molecular formula is C17H17ClN6O2. The monoisotopic (exact) mass is 372 g/mol. The van der Waals surface area contributed by atoms with E-state index in [1.165, 1.54) is 10.7 Å². The SMILES string of the molecule is O=C1c2ccc(Nc3ccncn3)c(=O)n2C2(CC3CCC(C2)N3)N1Cl. The summed E-state index contributed by atoms with van der Waals surface area (Å²) >= 11 is 6.46. The number of nitrogens with zero attached hydrogens (tertiary/aromatic N) is 4. The number of carbonyl (C=O) groups excluding carboxylic acids is 1. The maximum atomic E-state index is 13.3. The van der Waals surface area contributed by atoms with E-state index in [1.54, 1.807) is 29.0 Å². The van der Waals surface area contributed by atoms with E-state index in [4.69, 9.17) is 11.8 Å². The van der Waals surface area contributed by atoms with Crippen molar-refractivity contribution in [1.82, 2.24) is 24.3 Å². The summed E-state index contributed by atoms with van der Waals surface area (Å²) in [5, 5.41) is 6.56. The first-order valence-corrected chi connectivity index (χ1v) is 8.98. The molecule has 2 fully saturated rings. The number of pyridine rings is 1. The maximum absolute atomic E-state index is 13.3. The Hall–Kier alpha value is -2.45. The van der Waals surface area contributed by atoms with E-state index in [0.29, 0.717) is 30.0 Å². The second-order valence-corrected chi connectivity index (χ2v) is 7.45. The van der Waals surface area contributed by atoms with Gasteiger partial charge in [-0.05, 0) is 31.0 Å².